The van der Waals surface area contributed by atoms with Crippen molar-refractivity contribution in [2.45, 2.75) is 31.3 Å². The van der Waals surface area contributed by atoms with Crippen molar-refractivity contribution in [1.29, 1.82) is 0 Å². The maximum absolute atomic E-state index is 13.3. The van der Waals surface area contributed by atoms with Crippen LogP contribution in [0.5, 0.6) is 5.75 Å². The third kappa shape index (κ3) is 3.19. The van der Waals surface area contributed by atoms with E-state index in [2.05, 4.69) is 9.72 Å². The lowest BCUT2D eigenvalue weighted by atomic mass is 10.1. The van der Waals surface area contributed by atoms with Gasteiger partial charge in [0.25, 0.3) is 5.91 Å². The standard InChI is InChI=1S/C22H17F3N4O3/c23-22(24,25)32-15-6-4-14(5-7-15)29-19(30)21(9-10-21)28(20(29)31)12-13-8-11-27-17-3-1-2-16(26)18(13)17/h1-8,11H,9-10,12,26H2. The Hall–Kier alpha value is -3.82. The van der Waals surface area contributed by atoms with Crippen LogP contribution >= 0.6 is 0 Å². The van der Waals surface area contributed by atoms with E-state index in [1.165, 1.54) is 17.0 Å². The van der Waals surface area contributed by atoms with Gasteiger partial charge in [0, 0.05) is 23.8 Å². The van der Waals surface area contributed by atoms with Crippen LogP contribution in [0.25, 0.3) is 10.9 Å². The molecule has 1 saturated carbocycles. The Morgan fingerprint density at radius 2 is 1.78 bits per heavy atom. The first-order chi connectivity index (χ1) is 15.2. The molecule has 1 saturated heterocycles. The number of aromatic nitrogens is 1. The van der Waals surface area contributed by atoms with Crippen molar-refractivity contribution < 1.29 is 27.5 Å². The molecule has 2 N–H and O–H groups in total. The zero-order valence-corrected chi connectivity index (χ0v) is 16.6. The zero-order valence-electron chi connectivity index (χ0n) is 16.6. The highest BCUT2D eigenvalue weighted by molar-refractivity contribution is 6.24. The minimum absolute atomic E-state index is 0.156. The number of rotatable bonds is 4. The van der Waals surface area contributed by atoms with E-state index in [1.54, 1.807) is 24.4 Å². The van der Waals surface area contributed by atoms with Crippen molar-refractivity contribution in [2.24, 2.45) is 0 Å². The number of ether oxygens (including phenoxy) is 1. The average molecular weight is 442 g/mol. The normalized spacial score (nSPS) is 17.5. The van der Waals surface area contributed by atoms with Crippen molar-refractivity contribution in [1.82, 2.24) is 9.88 Å². The van der Waals surface area contributed by atoms with Gasteiger partial charge in [-0.25, -0.2) is 9.69 Å². The molecule has 2 heterocycles. The summed E-state index contributed by atoms with van der Waals surface area (Å²) >= 11 is 0. The monoisotopic (exact) mass is 442 g/mol. The van der Waals surface area contributed by atoms with Crippen LogP contribution in [0.3, 0.4) is 0 Å². The fourth-order valence-corrected chi connectivity index (χ4v) is 4.17. The molecule has 3 amide bonds. The van der Waals surface area contributed by atoms with Crippen LogP contribution in [0.15, 0.2) is 54.7 Å². The number of halogens is 3. The smallest absolute Gasteiger partial charge is 0.406 e. The van der Waals surface area contributed by atoms with Crippen LogP contribution in [-0.2, 0) is 11.3 Å². The second-order valence-electron chi connectivity index (χ2n) is 7.79. The maximum atomic E-state index is 13.3. The van der Waals surface area contributed by atoms with Crippen LogP contribution in [-0.4, -0.2) is 33.7 Å². The van der Waals surface area contributed by atoms with Crippen LogP contribution in [0.2, 0.25) is 0 Å². The highest BCUT2D eigenvalue weighted by Crippen LogP contribution is 2.50. The van der Waals surface area contributed by atoms with E-state index in [1.807, 2.05) is 6.07 Å². The number of nitrogens with two attached hydrogens (primary N) is 1. The molecule has 2 aliphatic rings. The SMILES string of the molecule is Nc1cccc2nccc(CN3C(=O)N(c4ccc(OC(F)(F)F)cc4)C(=O)C34CC4)c12. The van der Waals surface area contributed by atoms with Crippen LogP contribution < -0.4 is 15.4 Å². The molecule has 32 heavy (non-hydrogen) atoms. The first kappa shape index (κ1) is 20.1. The predicted molar refractivity (Wildman–Crippen MR) is 110 cm³/mol. The zero-order chi connectivity index (χ0) is 22.7. The van der Waals surface area contributed by atoms with Crippen molar-refractivity contribution >= 4 is 34.2 Å². The summed E-state index contributed by atoms with van der Waals surface area (Å²) in [5, 5.41) is 0.721. The van der Waals surface area contributed by atoms with Gasteiger partial charge in [-0.1, -0.05) is 6.07 Å². The Kier molecular flexibility index (Phi) is 4.30. The third-order valence-corrected chi connectivity index (χ3v) is 5.81. The number of imide groups is 1. The molecule has 0 unspecified atom stereocenters. The first-order valence-electron chi connectivity index (χ1n) is 9.84. The van der Waals surface area contributed by atoms with Gasteiger partial charge in [-0.05, 0) is 60.9 Å². The number of nitrogens with zero attached hydrogens (tertiary/aromatic N) is 3. The lowest BCUT2D eigenvalue weighted by Gasteiger charge is -2.22. The van der Waals surface area contributed by atoms with Gasteiger partial charge < -0.3 is 15.4 Å². The number of benzene rings is 2. The number of carbonyl (C=O) groups excluding carboxylic acids is 2. The Morgan fingerprint density at radius 3 is 2.44 bits per heavy atom. The number of nitrogen functional groups attached to an aromatic ring is 1. The number of carbonyl (C=O) groups is 2. The number of amides is 3. The van der Waals surface area contributed by atoms with Gasteiger partial charge in [0.2, 0.25) is 0 Å². The molecule has 0 radical (unpaired) electrons. The number of hydrogen-bond acceptors (Lipinski definition) is 5. The van der Waals surface area contributed by atoms with E-state index in [4.69, 9.17) is 5.73 Å². The summed E-state index contributed by atoms with van der Waals surface area (Å²) in [5.74, 6) is -0.824. The summed E-state index contributed by atoms with van der Waals surface area (Å²) in [6.45, 7) is 0.156. The Morgan fingerprint density at radius 1 is 1.06 bits per heavy atom. The molecular formula is C22H17F3N4O3. The average Bonchev–Trinajstić information content (AvgIpc) is 3.51. The van der Waals surface area contributed by atoms with E-state index in [9.17, 15) is 22.8 Å². The van der Waals surface area contributed by atoms with Crippen LogP contribution in [0.1, 0.15) is 18.4 Å². The van der Waals surface area contributed by atoms with Gasteiger partial charge in [-0.15, -0.1) is 13.2 Å². The third-order valence-electron chi connectivity index (χ3n) is 5.81. The van der Waals surface area contributed by atoms with Crippen molar-refractivity contribution in [3.8, 4) is 5.75 Å². The van der Waals surface area contributed by atoms with E-state index in [-0.39, 0.29) is 12.2 Å². The molecular weight excluding hydrogens is 425 g/mol. The fourth-order valence-electron chi connectivity index (χ4n) is 4.17. The van der Waals surface area contributed by atoms with Crippen molar-refractivity contribution in [3.05, 3.63) is 60.3 Å². The Labute approximate surface area is 180 Å². The molecule has 2 aromatic carbocycles. The molecule has 164 valence electrons. The second kappa shape index (κ2) is 6.84. The molecule has 1 spiro atoms. The fraction of sp³-hybridized carbons (Fsp3) is 0.227. The van der Waals surface area contributed by atoms with Gasteiger partial charge in [-0.2, -0.15) is 0 Å². The summed E-state index contributed by atoms with van der Waals surface area (Å²) in [5.41, 5.74) is 7.34. The summed E-state index contributed by atoms with van der Waals surface area (Å²) in [6, 6.07) is 11.2. The van der Waals surface area contributed by atoms with Gasteiger partial charge in [0.05, 0.1) is 11.2 Å². The molecule has 1 aliphatic carbocycles. The van der Waals surface area contributed by atoms with Crippen molar-refractivity contribution in [2.75, 3.05) is 10.6 Å². The summed E-state index contributed by atoms with van der Waals surface area (Å²) in [7, 11) is 0. The molecule has 3 aromatic rings. The lowest BCUT2D eigenvalue weighted by Crippen LogP contribution is -2.36. The molecule has 5 rings (SSSR count). The second-order valence-corrected chi connectivity index (χ2v) is 7.79. The van der Waals surface area contributed by atoms with Crippen LogP contribution in [0.4, 0.5) is 29.3 Å². The molecule has 7 nitrogen and oxygen atoms in total. The molecule has 0 bridgehead atoms. The van der Waals surface area contributed by atoms with E-state index in [0.717, 1.165) is 28.0 Å². The minimum Gasteiger partial charge on any atom is -0.406 e. The van der Waals surface area contributed by atoms with E-state index < -0.39 is 29.6 Å². The molecule has 0 atom stereocenters. The number of urea groups is 1. The largest absolute Gasteiger partial charge is 0.573 e. The predicted octanol–water partition coefficient (Wildman–Crippen LogP) is 4.22. The molecule has 2 fully saturated rings. The Balaban J connectivity index is 1.47. The highest BCUT2D eigenvalue weighted by atomic mass is 19.4. The minimum atomic E-state index is -4.83. The molecule has 1 aliphatic heterocycles. The van der Waals surface area contributed by atoms with Gasteiger partial charge in [-0.3, -0.25) is 9.78 Å². The van der Waals surface area contributed by atoms with E-state index in [0.29, 0.717) is 24.0 Å². The van der Waals surface area contributed by atoms with Crippen molar-refractivity contribution in [3.63, 3.8) is 0 Å². The van der Waals surface area contributed by atoms with Gasteiger partial charge in [0.1, 0.15) is 11.3 Å². The number of anilines is 2. The quantitative estimate of drug-likeness (QED) is 0.483. The molecule has 10 heteroatoms. The topological polar surface area (TPSA) is 88.8 Å². The number of fused-ring (bicyclic) bond motifs is 1. The Bertz CT molecular complexity index is 1230. The maximum Gasteiger partial charge on any atom is 0.573 e. The summed E-state index contributed by atoms with van der Waals surface area (Å²) in [6.07, 6.45) is -2.18. The number of hydrogen-bond donors (Lipinski definition) is 1. The lowest BCUT2D eigenvalue weighted by molar-refractivity contribution is -0.274. The van der Waals surface area contributed by atoms with Crippen LogP contribution in [0, 0.1) is 0 Å². The summed E-state index contributed by atoms with van der Waals surface area (Å²) < 4.78 is 41.1. The van der Waals surface area contributed by atoms with Gasteiger partial charge in [0.15, 0.2) is 0 Å². The highest BCUT2D eigenvalue weighted by Gasteiger charge is 2.65. The first-order valence-corrected chi connectivity index (χ1v) is 9.84. The van der Waals surface area contributed by atoms with Gasteiger partial charge >= 0.3 is 12.4 Å². The number of pyridine rings is 1. The molecule has 1 aromatic heterocycles. The van der Waals surface area contributed by atoms with E-state index >= 15 is 0 Å². The number of alkyl halides is 3. The summed E-state index contributed by atoms with van der Waals surface area (Å²) in [4.78, 5) is 33.3.